The SMILES string of the molecule is CCCC=C(c1ccc(OC)cc1)N1CCOCC1. The number of nitrogens with zero attached hydrogens (tertiary/aromatic N) is 1. The van der Waals surface area contributed by atoms with E-state index < -0.39 is 0 Å². The zero-order valence-corrected chi connectivity index (χ0v) is 11.9. The standard InChI is InChI=1S/C16H23NO2/c1-3-4-5-16(17-10-12-19-13-11-17)14-6-8-15(18-2)9-7-14/h5-9H,3-4,10-13H2,1-2H3. The second-order valence-electron chi connectivity index (χ2n) is 4.71. The van der Waals surface area contributed by atoms with Crippen molar-refractivity contribution in [3.05, 3.63) is 35.9 Å². The fraction of sp³-hybridized carbons (Fsp3) is 0.500. The average molecular weight is 261 g/mol. The third-order valence-electron chi connectivity index (χ3n) is 3.36. The van der Waals surface area contributed by atoms with Crippen molar-refractivity contribution in [2.45, 2.75) is 19.8 Å². The topological polar surface area (TPSA) is 21.7 Å². The van der Waals surface area contributed by atoms with E-state index in [-0.39, 0.29) is 0 Å². The molecule has 0 amide bonds. The van der Waals surface area contributed by atoms with Crippen LogP contribution in [-0.4, -0.2) is 38.3 Å². The number of rotatable bonds is 5. The first-order chi connectivity index (χ1) is 9.35. The van der Waals surface area contributed by atoms with E-state index in [2.05, 4.69) is 30.0 Å². The lowest BCUT2D eigenvalue weighted by atomic mass is 10.1. The van der Waals surface area contributed by atoms with E-state index in [0.29, 0.717) is 0 Å². The molecule has 0 atom stereocenters. The van der Waals surface area contributed by atoms with Crippen LogP contribution in [0, 0.1) is 0 Å². The second kappa shape index (κ2) is 7.19. The maximum Gasteiger partial charge on any atom is 0.118 e. The van der Waals surface area contributed by atoms with Crippen molar-refractivity contribution in [1.82, 2.24) is 4.90 Å². The Labute approximate surface area is 115 Å². The molecular formula is C16H23NO2. The Morgan fingerprint density at radius 3 is 2.53 bits per heavy atom. The van der Waals surface area contributed by atoms with Gasteiger partial charge in [-0.15, -0.1) is 0 Å². The molecule has 0 bridgehead atoms. The first-order valence-corrected chi connectivity index (χ1v) is 7.02. The molecule has 2 rings (SSSR count). The summed E-state index contributed by atoms with van der Waals surface area (Å²) >= 11 is 0. The highest BCUT2D eigenvalue weighted by Gasteiger charge is 2.14. The summed E-state index contributed by atoms with van der Waals surface area (Å²) in [5, 5.41) is 0. The van der Waals surface area contributed by atoms with Gasteiger partial charge in [0.2, 0.25) is 0 Å². The largest absolute Gasteiger partial charge is 0.497 e. The number of benzene rings is 1. The van der Waals surface area contributed by atoms with Gasteiger partial charge in [-0.3, -0.25) is 0 Å². The highest BCUT2D eigenvalue weighted by molar-refractivity contribution is 5.64. The zero-order chi connectivity index (χ0) is 13.5. The van der Waals surface area contributed by atoms with Gasteiger partial charge in [-0.2, -0.15) is 0 Å². The van der Waals surface area contributed by atoms with Gasteiger partial charge in [-0.25, -0.2) is 0 Å². The summed E-state index contributed by atoms with van der Waals surface area (Å²) in [6.45, 7) is 5.80. The number of morpholine rings is 1. The Morgan fingerprint density at radius 1 is 1.26 bits per heavy atom. The molecule has 1 aliphatic heterocycles. The molecule has 0 unspecified atom stereocenters. The Hall–Kier alpha value is -1.48. The molecule has 0 aliphatic carbocycles. The minimum atomic E-state index is 0.819. The van der Waals surface area contributed by atoms with Crippen LogP contribution < -0.4 is 4.74 Å². The molecule has 3 heteroatoms. The third kappa shape index (κ3) is 3.74. The number of unbranched alkanes of at least 4 members (excludes halogenated alkanes) is 1. The minimum Gasteiger partial charge on any atom is -0.497 e. The summed E-state index contributed by atoms with van der Waals surface area (Å²) in [4.78, 5) is 2.42. The molecule has 1 saturated heterocycles. The van der Waals surface area contributed by atoms with Crippen molar-refractivity contribution in [3.63, 3.8) is 0 Å². The molecule has 104 valence electrons. The van der Waals surface area contributed by atoms with Gasteiger partial charge in [0.05, 0.1) is 20.3 Å². The van der Waals surface area contributed by atoms with Crippen LogP contribution in [0.4, 0.5) is 0 Å². The first kappa shape index (κ1) is 13.9. The Balaban J connectivity index is 2.20. The van der Waals surface area contributed by atoms with Gasteiger partial charge in [0, 0.05) is 18.8 Å². The zero-order valence-electron chi connectivity index (χ0n) is 11.9. The lowest BCUT2D eigenvalue weighted by molar-refractivity contribution is 0.0639. The summed E-state index contributed by atoms with van der Waals surface area (Å²) in [5.41, 5.74) is 2.59. The van der Waals surface area contributed by atoms with Crippen molar-refractivity contribution >= 4 is 5.70 Å². The van der Waals surface area contributed by atoms with E-state index in [9.17, 15) is 0 Å². The van der Waals surface area contributed by atoms with Crippen LogP contribution in [0.5, 0.6) is 5.75 Å². The van der Waals surface area contributed by atoms with Gasteiger partial charge in [0.15, 0.2) is 0 Å². The van der Waals surface area contributed by atoms with E-state index in [1.54, 1.807) is 7.11 Å². The van der Waals surface area contributed by atoms with Gasteiger partial charge in [0.25, 0.3) is 0 Å². The Kier molecular flexibility index (Phi) is 5.28. The van der Waals surface area contributed by atoms with Crippen LogP contribution in [0.15, 0.2) is 30.3 Å². The van der Waals surface area contributed by atoms with Crippen LogP contribution in [0.3, 0.4) is 0 Å². The first-order valence-electron chi connectivity index (χ1n) is 7.02. The van der Waals surface area contributed by atoms with Crippen molar-refractivity contribution < 1.29 is 9.47 Å². The molecule has 1 heterocycles. The van der Waals surface area contributed by atoms with Crippen LogP contribution in [0.2, 0.25) is 0 Å². The molecule has 3 nitrogen and oxygen atoms in total. The molecule has 1 aliphatic rings. The maximum absolute atomic E-state index is 5.44. The average Bonchev–Trinajstić information content (AvgIpc) is 2.49. The fourth-order valence-corrected chi connectivity index (χ4v) is 2.28. The van der Waals surface area contributed by atoms with Crippen LogP contribution in [-0.2, 0) is 4.74 Å². The molecule has 1 fully saturated rings. The fourth-order valence-electron chi connectivity index (χ4n) is 2.28. The molecule has 0 radical (unpaired) electrons. The van der Waals surface area contributed by atoms with Gasteiger partial charge in [0.1, 0.15) is 5.75 Å². The van der Waals surface area contributed by atoms with Gasteiger partial charge in [-0.05, 0) is 36.2 Å². The van der Waals surface area contributed by atoms with Crippen molar-refractivity contribution in [2.75, 3.05) is 33.4 Å². The van der Waals surface area contributed by atoms with Gasteiger partial charge in [-0.1, -0.05) is 19.4 Å². The lowest BCUT2D eigenvalue weighted by Crippen LogP contribution is -2.35. The predicted octanol–water partition coefficient (Wildman–Crippen LogP) is 3.17. The monoisotopic (exact) mass is 261 g/mol. The molecule has 19 heavy (non-hydrogen) atoms. The van der Waals surface area contributed by atoms with Crippen molar-refractivity contribution in [2.24, 2.45) is 0 Å². The van der Waals surface area contributed by atoms with Crippen LogP contribution in [0.1, 0.15) is 25.3 Å². The molecule has 0 saturated carbocycles. The molecule has 0 aromatic heterocycles. The Morgan fingerprint density at radius 2 is 1.95 bits per heavy atom. The second-order valence-corrected chi connectivity index (χ2v) is 4.71. The molecular weight excluding hydrogens is 238 g/mol. The number of allylic oxidation sites excluding steroid dienone is 1. The summed E-state index contributed by atoms with van der Waals surface area (Å²) in [5.74, 6) is 0.903. The number of ether oxygens (including phenoxy) is 2. The third-order valence-corrected chi connectivity index (χ3v) is 3.36. The summed E-state index contributed by atoms with van der Waals surface area (Å²) in [7, 11) is 1.70. The summed E-state index contributed by atoms with van der Waals surface area (Å²) in [6.07, 6.45) is 4.62. The lowest BCUT2D eigenvalue weighted by Gasteiger charge is -2.31. The van der Waals surface area contributed by atoms with E-state index in [1.165, 1.54) is 17.7 Å². The van der Waals surface area contributed by atoms with Crippen molar-refractivity contribution in [1.29, 1.82) is 0 Å². The molecule has 0 spiro atoms. The van der Waals surface area contributed by atoms with E-state index >= 15 is 0 Å². The predicted molar refractivity (Wildman–Crippen MR) is 78.3 cm³/mol. The summed E-state index contributed by atoms with van der Waals surface area (Å²) < 4.78 is 10.7. The normalized spacial score (nSPS) is 16.5. The highest BCUT2D eigenvalue weighted by atomic mass is 16.5. The van der Waals surface area contributed by atoms with Crippen LogP contribution >= 0.6 is 0 Å². The van der Waals surface area contributed by atoms with E-state index in [1.807, 2.05) is 12.1 Å². The molecule has 0 N–H and O–H groups in total. The smallest absolute Gasteiger partial charge is 0.118 e. The number of hydrogen-bond donors (Lipinski definition) is 0. The van der Waals surface area contributed by atoms with Gasteiger partial charge < -0.3 is 14.4 Å². The van der Waals surface area contributed by atoms with E-state index in [4.69, 9.17) is 9.47 Å². The van der Waals surface area contributed by atoms with E-state index in [0.717, 1.165) is 38.5 Å². The quantitative estimate of drug-likeness (QED) is 0.812. The summed E-state index contributed by atoms with van der Waals surface area (Å²) in [6, 6.07) is 8.32. The number of hydrogen-bond acceptors (Lipinski definition) is 3. The number of methoxy groups -OCH3 is 1. The minimum absolute atomic E-state index is 0.819. The Bertz CT molecular complexity index is 405. The van der Waals surface area contributed by atoms with Crippen molar-refractivity contribution in [3.8, 4) is 5.75 Å². The maximum atomic E-state index is 5.44. The molecule has 1 aromatic carbocycles. The van der Waals surface area contributed by atoms with Gasteiger partial charge >= 0.3 is 0 Å². The van der Waals surface area contributed by atoms with Crippen LogP contribution in [0.25, 0.3) is 5.70 Å². The molecule has 1 aromatic rings. The highest BCUT2D eigenvalue weighted by Crippen LogP contribution is 2.23.